The maximum absolute atomic E-state index is 5.68. The Balaban J connectivity index is 2.43. The highest BCUT2D eigenvalue weighted by Crippen LogP contribution is 2.32. The minimum absolute atomic E-state index is 0.212. The first-order chi connectivity index (χ1) is 6.70. The van der Waals surface area contributed by atoms with Crippen LogP contribution in [-0.2, 0) is 6.42 Å². The zero-order valence-corrected chi connectivity index (χ0v) is 9.58. The number of thiophene rings is 1. The summed E-state index contributed by atoms with van der Waals surface area (Å²) >= 11 is 7.40. The molecular weight excluding hydrogens is 218 g/mol. The fourth-order valence-corrected chi connectivity index (χ4v) is 2.47. The van der Waals surface area contributed by atoms with E-state index in [1.807, 2.05) is 13.0 Å². The molecule has 0 atom stereocenters. The van der Waals surface area contributed by atoms with Crippen molar-refractivity contribution in [2.75, 3.05) is 0 Å². The first-order valence-corrected chi connectivity index (χ1v) is 5.62. The van der Waals surface area contributed by atoms with Crippen LogP contribution in [0.4, 0.5) is 0 Å². The highest BCUT2D eigenvalue weighted by Gasteiger charge is 2.12. The van der Waals surface area contributed by atoms with Gasteiger partial charge in [0.05, 0.1) is 10.6 Å². The molecule has 0 saturated carbocycles. The van der Waals surface area contributed by atoms with Crippen LogP contribution in [0.3, 0.4) is 0 Å². The number of halogens is 1. The van der Waals surface area contributed by atoms with E-state index in [1.54, 1.807) is 11.3 Å². The van der Waals surface area contributed by atoms with Crippen LogP contribution in [0.25, 0.3) is 10.6 Å². The molecule has 2 rings (SSSR count). The SMILES string of the molecule is CCc1ccc(-c2oc(Cl)nc2C)s1. The average Bonchev–Trinajstić information content (AvgIpc) is 2.71. The minimum Gasteiger partial charge on any atom is -0.426 e. The number of rotatable bonds is 2. The summed E-state index contributed by atoms with van der Waals surface area (Å²) in [6.07, 6.45) is 1.05. The van der Waals surface area contributed by atoms with E-state index in [2.05, 4.69) is 18.0 Å². The second-order valence-electron chi connectivity index (χ2n) is 3.00. The normalized spacial score (nSPS) is 10.8. The van der Waals surface area contributed by atoms with Gasteiger partial charge in [-0.3, -0.25) is 0 Å². The van der Waals surface area contributed by atoms with E-state index in [0.717, 1.165) is 22.8 Å². The van der Waals surface area contributed by atoms with E-state index >= 15 is 0 Å². The fourth-order valence-electron chi connectivity index (χ4n) is 1.28. The molecule has 0 aliphatic heterocycles. The summed E-state index contributed by atoms with van der Waals surface area (Å²) in [6.45, 7) is 4.03. The lowest BCUT2D eigenvalue weighted by molar-refractivity contribution is 0.575. The third kappa shape index (κ3) is 1.70. The van der Waals surface area contributed by atoms with Gasteiger partial charge in [0, 0.05) is 4.88 Å². The Morgan fingerprint density at radius 3 is 2.79 bits per heavy atom. The molecule has 2 nitrogen and oxygen atoms in total. The van der Waals surface area contributed by atoms with E-state index in [9.17, 15) is 0 Å². The quantitative estimate of drug-likeness (QED) is 0.777. The van der Waals surface area contributed by atoms with Gasteiger partial charge in [0.15, 0.2) is 5.76 Å². The first kappa shape index (κ1) is 9.74. The van der Waals surface area contributed by atoms with Crippen molar-refractivity contribution < 1.29 is 4.42 Å². The Bertz CT molecular complexity index is 447. The maximum atomic E-state index is 5.68. The van der Waals surface area contributed by atoms with Crippen LogP contribution < -0.4 is 0 Å². The fraction of sp³-hybridized carbons (Fsp3) is 0.300. The lowest BCUT2D eigenvalue weighted by Crippen LogP contribution is -1.72. The molecule has 0 amide bonds. The molecule has 0 N–H and O–H groups in total. The predicted molar refractivity (Wildman–Crippen MR) is 58.9 cm³/mol. The van der Waals surface area contributed by atoms with Gasteiger partial charge in [0.25, 0.3) is 5.35 Å². The summed E-state index contributed by atoms with van der Waals surface area (Å²) in [5.74, 6) is 0.791. The van der Waals surface area contributed by atoms with E-state index in [4.69, 9.17) is 16.0 Å². The van der Waals surface area contributed by atoms with E-state index in [-0.39, 0.29) is 5.35 Å². The standard InChI is InChI=1S/C10H10ClNOS/c1-3-7-4-5-8(14-7)9-6(2)12-10(11)13-9/h4-5H,3H2,1-2H3. The van der Waals surface area contributed by atoms with Crippen LogP contribution in [0.5, 0.6) is 0 Å². The zero-order chi connectivity index (χ0) is 10.1. The lowest BCUT2D eigenvalue weighted by Gasteiger charge is -1.90. The molecule has 0 saturated heterocycles. The molecule has 74 valence electrons. The molecule has 0 unspecified atom stereocenters. The number of aryl methyl sites for hydroxylation is 2. The first-order valence-electron chi connectivity index (χ1n) is 4.42. The largest absolute Gasteiger partial charge is 0.426 e. The summed E-state index contributed by atoms with van der Waals surface area (Å²) in [6, 6.07) is 4.16. The monoisotopic (exact) mass is 227 g/mol. The summed E-state index contributed by atoms with van der Waals surface area (Å²) in [5, 5.41) is 0.212. The predicted octanol–water partition coefficient (Wildman–Crippen LogP) is 3.93. The average molecular weight is 228 g/mol. The van der Waals surface area contributed by atoms with Crippen LogP contribution in [0.2, 0.25) is 5.35 Å². The van der Waals surface area contributed by atoms with E-state index in [0.29, 0.717) is 0 Å². The van der Waals surface area contributed by atoms with Crippen LogP contribution in [0, 0.1) is 6.92 Å². The summed E-state index contributed by atoms with van der Waals surface area (Å²) in [5.41, 5.74) is 0.847. The Labute approximate surface area is 91.5 Å². The second-order valence-corrected chi connectivity index (χ2v) is 4.49. The highest BCUT2D eigenvalue weighted by atomic mass is 35.5. The molecule has 14 heavy (non-hydrogen) atoms. The Morgan fingerprint density at radius 2 is 2.29 bits per heavy atom. The van der Waals surface area contributed by atoms with Gasteiger partial charge in [-0.1, -0.05) is 6.92 Å². The van der Waals surface area contributed by atoms with Gasteiger partial charge in [0.2, 0.25) is 0 Å². The van der Waals surface area contributed by atoms with Crippen LogP contribution in [-0.4, -0.2) is 4.98 Å². The van der Waals surface area contributed by atoms with Crippen molar-refractivity contribution >= 4 is 22.9 Å². The molecule has 0 aromatic carbocycles. The molecule has 0 aliphatic rings. The molecule has 0 radical (unpaired) electrons. The summed E-state index contributed by atoms with van der Waals surface area (Å²) in [7, 11) is 0. The lowest BCUT2D eigenvalue weighted by atomic mass is 10.3. The van der Waals surface area contributed by atoms with Crippen molar-refractivity contribution in [2.24, 2.45) is 0 Å². The smallest absolute Gasteiger partial charge is 0.292 e. The number of aromatic nitrogens is 1. The summed E-state index contributed by atoms with van der Waals surface area (Å²) < 4.78 is 5.32. The highest BCUT2D eigenvalue weighted by molar-refractivity contribution is 7.15. The Kier molecular flexibility index (Phi) is 2.61. The molecule has 2 heterocycles. The van der Waals surface area contributed by atoms with Crippen molar-refractivity contribution in [2.45, 2.75) is 20.3 Å². The van der Waals surface area contributed by atoms with Gasteiger partial charge in [0.1, 0.15) is 0 Å². The third-order valence-electron chi connectivity index (χ3n) is 2.00. The van der Waals surface area contributed by atoms with Crippen LogP contribution >= 0.6 is 22.9 Å². The maximum Gasteiger partial charge on any atom is 0.292 e. The van der Waals surface area contributed by atoms with Crippen LogP contribution in [0.15, 0.2) is 16.5 Å². The Morgan fingerprint density at radius 1 is 1.50 bits per heavy atom. The number of nitrogens with zero attached hydrogens (tertiary/aromatic N) is 1. The van der Waals surface area contributed by atoms with Gasteiger partial charge in [-0.25, -0.2) is 4.98 Å². The second kappa shape index (κ2) is 3.75. The third-order valence-corrected chi connectivity index (χ3v) is 3.39. The molecule has 0 fully saturated rings. The van der Waals surface area contributed by atoms with Crippen molar-refractivity contribution in [1.29, 1.82) is 0 Å². The van der Waals surface area contributed by atoms with Gasteiger partial charge in [-0.2, -0.15) is 0 Å². The zero-order valence-electron chi connectivity index (χ0n) is 8.00. The molecule has 4 heteroatoms. The van der Waals surface area contributed by atoms with Crippen molar-refractivity contribution in [3.05, 3.63) is 28.1 Å². The molecule has 0 spiro atoms. The minimum atomic E-state index is 0.212. The molecule has 2 aromatic heterocycles. The number of hydrogen-bond acceptors (Lipinski definition) is 3. The van der Waals surface area contributed by atoms with E-state index < -0.39 is 0 Å². The van der Waals surface area contributed by atoms with Crippen LogP contribution in [0.1, 0.15) is 17.5 Å². The van der Waals surface area contributed by atoms with E-state index in [1.165, 1.54) is 4.88 Å². The topological polar surface area (TPSA) is 26.0 Å². The number of oxazole rings is 1. The molecular formula is C10H10ClNOS. The van der Waals surface area contributed by atoms with Crippen molar-refractivity contribution in [3.63, 3.8) is 0 Å². The van der Waals surface area contributed by atoms with Gasteiger partial charge in [-0.15, -0.1) is 11.3 Å². The van der Waals surface area contributed by atoms with Crippen molar-refractivity contribution in [3.8, 4) is 10.6 Å². The molecule has 0 bridgehead atoms. The summed E-state index contributed by atoms with van der Waals surface area (Å²) in [4.78, 5) is 6.46. The van der Waals surface area contributed by atoms with Gasteiger partial charge >= 0.3 is 0 Å². The molecule has 2 aromatic rings. The molecule has 0 aliphatic carbocycles. The Hall–Kier alpha value is -0.800. The van der Waals surface area contributed by atoms with Crippen molar-refractivity contribution in [1.82, 2.24) is 4.98 Å². The van der Waals surface area contributed by atoms with Gasteiger partial charge < -0.3 is 4.42 Å². The number of hydrogen-bond donors (Lipinski definition) is 0. The van der Waals surface area contributed by atoms with Gasteiger partial charge in [-0.05, 0) is 37.1 Å².